The van der Waals surface area contributed by atoms with E-state index < -0.39 is 6.10 Å². The summed E-state index contributed by atoms with van der Waals surface area (Å²) in [7, 11) is 0. The molecule has 0 spiro atoms. The number of rotatable bonds is 5. The van der Waals surface area contributed by atoms with E-state index in [1.165, 1.54) is 12.8 Å². The Morgan fingerprint density at radius 1 is 1.43 bits per heavy atom. The van der Waals surface area contributed by atoms with Gasteiger partial charge < -0.3 is 15.5 Å². The molecular formula is C10H19NO3. The van der Waals surface area contributed by atoms with Gasteiger partial charge in [-0.2, -0.15) is 0 Å². The Hall–Kier alpha value is -0.610. The van der Waals surface area contributed by atoms with Crippen molar-refractivity contribution in [1.82, 2.24) is 5.32 Å². The van der Waals surface area contributed by atoms with E-state index in [4.69, 9.17) is 10.2 Å². The average Bonchev–Trinajstić information content (AvgIpc) is 2.66. The number of hydrogen-bond donors (Lipinski definition) is 3. The second-order valence-corrected chi connectivity index (χ2v) is 4.00. The van der Waals surface area contributed by atoms with Crippen LogP contribution < -0.4 is 5.32 Å². The monoisotopic (exact) mass is 201 g/mol. The molecule has 1 fully saturated rings. The van der Waals surface area contributed by atoms with Crippen molar-refractivity contribution in [2.45, 2.75) is 38.2 Å². The van der Waals surface area contributed by atoms with Gasteiger partial charge in [0.05, 0.1) is 12.7 Å². The summed E-state index contributed by atoms with van der Waals surface area (Å²) in [5, 5.41) is 20.1. The molecule has 1 aliphatic carbocycles. The van der Waals surface area contributed by atoms with Crippen LogP contribution in [0.1, 0.15) is 32.1 Å². The van der Waals surface area contributed by atoms with Gasteiger partial charge in [-0.1, -0.05) is 12.8 Å². The van der Waals surface area contributed by atoms with Gasteiger partial charge in [0, 0.05) is 13.0 Å². The van der Waals surface area contributed by atoms with Crippen LogP contribution in [0.5, 0.6) is 0 Å². The lowest BCUT2D eigenvalue weighted by Crippen LogP contribution is -2.34. The maximum Gasteiger partial charge on any atom is 0.220 e. The van der Waals surface area contributed by atoms with Gasteiger partial charge in [0.2, 0.25) is 5.91 Å². The van der Waals surface area contributed by atoms with Gasteiger partial charge in [0.25, 0.3) is 0 Å². The van der Waals surface area contributed by atoms with Gasteiger partial charge in [-0.05, 0) is 18.8 Å². The summed E-state index contributed by atoms with van der Waals surface area (Å²) in [5.74, 6) is 0.519. The van der Waals surface area contributed by atoms with Crippen molar-refractivity contribution in [3.63, 3.8) is 0 Å². The molecule has 0 saturated heterocycles. The van der Waals surface area contributed by atoms with Crippen LogP contribution >= 0.6 is 0 Å². The van der Waals surface area contributed by atoms with Crippen molar-refractivity contribution in [2.75, 3.05) is 13.2 Å². The van der Waals surface area contributed by atoms with E-state index >= 15 is 0 Å². The van der Waals surface area contributed by atoms with Crippen LogP contribution in [0.3, 0.4) is 0 Å². The fraction of sp³-hybridized carbons (Fsp3) is 0.900. The van der Waals surface area contributed by atoms with E-state index in [1.807, 2.05) is 0 Å². The summed E-state index contributed by atoms with van der Waals surface area (Å²) in [6, 6.07) is 0. The summed E-state index contributed by atoms with van der Waals surface area (Å²) in [4.78, 5) is 11.3. The minimum absolute atomic E-state index is 0.00981. The highest BCUT2D eigenvalue weighted by Gasteiger charge is 2.18. The van der Waals surface area contributed by atoms with E-state index in [9.17, 15) is 4.79 Å². The molecule has 4 heteroatoms. The van der Waals surface area contributed by atoms with Crippen LogP contribution in [-0.4, -0.2) is 35.4 Å². The van der Waals surface area contributed by atoms with Crippen LogP contribution in [0.2, 0.25) is 0 Å². The van der Waals surface area contributed by atoms with Gasteiger partial charge in [-0.25, -0.2) is 0 Å². The third-order valence-electron chi connectivity index (χ3n) is 2.69. The number of carbonyl (C=O) groups excluding carboxylic acids is 1. The molecule has 0 aliphatic heterocycles. The van der Waals surface area contributed by atoms with Crippen molar-refractivity contribution in [2.24, 2.45) is 5.92 Å². The Bertz CT molecular complexity index is 178. The Balaban J connectivity index is 2.09. The van der Waals surface area contributed by atoms with Crippen LogP contribution in [0, 0.1) is 5.92 Å². The Kier molecular flexibility index (Phi) is 4.90. The molecule has 14 heavy (non-hydrogen) atoms. The third-order valence-corrected chi connectivity index (χ3v) is 2.69. The van der Waals surface area contributed by atoms with Crippen molar-refractivity contribution < 1.29 is 15.0 Å². The maximum atomic E-state index is 11.3. The smallest absolute Gasteiger partial charge is 0.220 e. The molecule has 1 amide bonds. The van der Waals surface area contributed by atoms with Gasteiger partial charge in [-0.3, -0.25) is 4.79 Å². The molecule has 0 aromatic rings. The number of aliphatic hydroxyl groups excluding tert-OH is 2. The second-order valence-electron chi connectivity index (χ2n) is 4.00. The Labute approximate surface area is 84.3 Å². The third kappa shape index (κ3) is 4.07. The number of amides is 1. The molecule has 0 radical (unpaired) electrons. The zero-order valence-corrected chi connectivity index (χ0v) is 8.41. The molecule has 0 aromatic heterocycles. The normalized spacial score (nSPS) is 19.6. The minimum atomic E-state index is -0.831. The summed E-state index contributed by atoms with van der Waals surface area (Å²) < 4.78 is 0. The summed E-state index contributed by atoms with van der Waals surface area (Å²) in [5.41, 5.74) is 0. The fourth-order valence-electron chi connectivity index (χ4n) is 1.85. The van der Waals surface area contributed by atoms with Crippen molar-refractivity contribution >= 4 is 5.91 Å². The lowest BCUT2D eigenvalue weighted by Gasteiger charge is -2.11. The van der Waals surface area contributed by atoms with E-state index in [1.54, 1.807) is 0 Å². The quantitative estimate of drug-likeness (QED) is 0.588. The topological polar surface area (TPSA) is 69.6 Å². The SMILES string of the molecule is O=C(CC1CCCC1)NCC(O)CO. The van der Waals surface area contributed by atoms with E-state index in [0.717, 1.165) is 12.8 Å². The molecule has 82 valence electrons. The van der Waals surface area contributed by atoms with Crippen LogP contribution in [0.15, 0.2) is 0 Å². The van der Waals surface area contributed by atoms with Crippen molar-refractivity contribution in [3.05, 3.63) is 0 Å². The molecule has 0 heterocycles. The number of aliphatic hydroxyl groups is 2. The molecule has 1 saturated carbocycles. The molecule has 0 aromatic carbocycles. The first-order valence-electron chi connectivity index (χ1n) is 5.28. The summed E-state index contributed by atoms with van der Waals surface area (Å²) in [6.45, 7) is -0.147. The number of nitrogens with one attached hydrogen (secondary N) is 1. The maximum absolute atomic E-state index is 11.3. The molecule has 1 rings (SSSR count). The van der Waals surface area contributed by atoms with Crippen LogP contribution in [0.25, 0.3) is 0 Å². The molecule has 1 unspecified atom stereocenters. The first-order chi connectivity index (χ1) is 6.72. The summed E-state index contributed by atoms with van der Waals surface area (Å²) >= 11 is 0. The molecule has 0 bridgehead atoms. The lowest BCUT2D eigenvalue weighted by molar-refractivity contribution is -0.122. The van der Waals surface area contributed by atoms with E-state index in [-0.39, 0.29) is 19.1 Å². The highest BCUT2D eigenvalue weighted by Crippen LogP contribution is 2.27. The van der Waals surface area contributed by atoms with Gasteiger partial charge in [0.15, 0.2) is 0 Å². The van der Waals surface area contributed by atoms with Gasteiger partial charge in [-0.15, -0.1) is 0 Å². The standard InChI is InChI=1S/C10H19NO3/c12-7-9(13)6-11-10(14)5-8-3-1-2-4-8/h8-9,12-13H,1-7H2,(H,11,14). The van der Waals surface area contributed by atoms with Crippen LogP contribution in [-0.2, 0) is 4.79 Å². The average molecular weight is 201 g/mol. The largest absolute Gasteiger partial charge is 0.394 e. The van der Waals surface area contributed by atoms with Crippen molar-refractivity contribution in [3.8, 4) is 0 Å². The first kappa shape index (κ1) is 11.5. The lowest BCUT2D eigenvalue weighted by atomic mass is 10.0. The molecule has 3 N–H and O–H groups in total. The molecule has 4 nitrogen and oxygen atoms in total. The first-order valence-corrected chi connectivity index (χ1v) is 5.28. The predicted molar refractivity (Wildman–Crippen MR) is 52.7 cm³/mol. The number of hydrogen-bond acceptors (Lipinski definition) is 3. The fourth-order valence-corrected chi connectivity index (χ4v) is 1.85. The van der Waals surface area contributed by atoms with E-state index in [0.29, 0.717) is 12.3 Å². The summed E-state index contributed by atoms with van der Waals surface area (Å²) in [6.07, 6.45) is 4.50. The van der Waals surface area contributed by atoms with Gasteiger partial charge >= 0.3 is 0 Å². The Morgan fingerprint density at radius 2 is 2.07 bits per heavy atom. The molecular weight excluding hydrogens is 182 g/mol. The highest BCUT2D eigenvalue weighted by atomic mass is 16.3. The zero-order chi connectivity index (χ0) is 10.4. The minimum Gasteiger partial charge on any atom is -0.394 e. The predicted octanol–water partition coefficient (Wildman–Crippen LogP) is 0.0361. The van der Waals surface area contributed by atoms with Crippen LogP contribution in [0.4, 0.5) is 0 Å². The van der Waals surface area contributed by atoms with E-state index in [2.05, 4.69) is 5.32 Å². The Morgan fingerprint density at radius 3 is 2.64 bits per heavy atom. The second kappa shape index (κ2) is 5.98. The molecule has 1 atom stereocenters. The van der Waals surface area contributed by atoms with Gasteiger partial charge in [0.1, 0.15) is 0 Å². The molecule has 1 aliphatic rings. The zero-order valence-electron chi connectivity index (χ0n) is 8.41. The number of carbonyl (C=O) groups is 1. The van der Waals surface area contributed by atoms with Crippen molar-refractivity contribution in [1.29, 1.82) is 0 Å². The highest BCUT2D eigenvalue weighted by molar-refractivity contribution is 5.76.